The molecule has 1 rings (SSSR count). The summed E-state index contributed by atoms with van der Waals surface area (Å²) in [5.41, 5.74) is 0.579. The quantitative estimate of drug-likeness (QED) is 0.926. The maximum Gasteiger partial charge on any atom is 0.241 e. The molecule has 0 heterocycles. The largest absolute Gasteiger partial charge is 0.241 e. The third-order valence-electron chi connectivity index (χ3n) is 2.48. The molecule has 0 spiro atoms. The summed E-state index contributed by atoms with van der Waals surface area (Å²) in [4.78, 5) is 0.173. The summed E-state index contributed by atoms with van der Waals surface area (Å²) in [5.74, 6) is 0. The van der Waals surface area contributed by atoms with E-state index < -0.39 is 10.0 Å². The van der Waals surface area contributed by atoms with Gasteiger partial charge >= 0.3 is 0 Å². The van der Waals surface area contributed by atoms with Gasteiger partial charge < -0.3 is 0 Å². The SMILES string of the molecule is CC[C@@H](C)NS(=O)(=O)c1cc(Cl)c(Cl)cc1C. The van der Waals surface area contributed by atoms with Gasteiger partial charge in [-0.05, 0) is 38.0 Å². The Kier molecular flexibility index (Phi) is 4.84. The van der Waals surface area contributed by atoms with Crippen LogP contribution >= 0.6 is 23.2 Å². The van der Waals surface area contributed by atoms with E-state index in [1.165, 1.54) is 6.07 Å². The molecular weight excluding hydrogens is 281 g/mol. The van der Waals surface area contributed by atoms with Crippen LogP contribution in [0.15, 0.2) is 17.0 Å². The highest BCUT2D eigenvalue weighted by Gasteiger charge is 2.20. The smallest absolute Gasteiger partial charge is 0.208 e. The highest BCUT2D eigenvalue weighted by atomic mass is 35.5. The van der Waals surface area contributed by atoms with Crippen molar-refractivity contribution in [1.82, 2.24) is 4.72 Å². The zero-order valence-corrected chi connectivity index (χ0v) is 12.2. The number of hydrogen-bond donors (Lipinski definition) is 1. The van der Waals surface area contributed by atoms with E-state index in [2.05, 4.69) is 4.72 Å². The zero-order valence-electron chi connectivity index (χ0n) is 9.92. The monoisotopic (exact) mass is 295 g/mol. The molecule has 0 aromatic heterocycles. The van der Waals surface area contributed by atoms with E-state index in [1.807, 2.05) is 13.8 Å². The molecule has 0 bridgehead atoms. The van der Waals surface area contributed by atoms with Crippen LogP contribution in [0.5, 0.6) is 0 Å². The first-order valence-corrected chi connectivity index (χ1v) is 7.49. The molecule has 6 heteroatoms. The van der Waals surface area contributed by atoms with E-state index in [1.54, 1.807) is 13.0 Å². The summed E-state index contributed by atoms with van der Waals surface area (Å²) in [5, 5.41) is 0.591. The average molecular weight is 296 g/mol. The topological polar surface area (TPSA) is 46.2 Å². The molecule has 1 atom stereocenters. The molecule has 1 aromatic carbocycles. The van der Waals surface area contributed by atoms with Gasteiger partial charge in [-0.25, -0.2) is 13.1 Å². The van der Waals surface area contributed by atoms with Crippen LogP contribution in [0.1, 0.15) is 25.8 Å². The molecule has 17 heavy (non-hydrogen) atoms. The number of aryl methyl sites for hydroxylation is 1. The molecule has 0 fully saturated rings. The highest BCUT2D eigenvalue weighted by Crippen LogP contribution is 2.28. The van der Waals surface area contributed by atoms with Gasteiger partial charge in [-0.1, -0.05) is 30.1 Å². The Balaban J connectivity index is 3.20. The van der Waals surface area contributed by atoms with E-state index in [-0.39, 0.29) is 16.0 Å². The minimum absolute atomic E-state index is 0.117. The van der Waals surface area contributed by atoms with Crippen molar-refractivity contribution in [2.75, 3.05) is 0 Å². The minimum Gasteiger partial charge on any atom is -0.208 e. The second-order valence-corrected chi connectivity index (χ2v) is 6.46. The van der Waals surface area contributed by atoms with Gasteiger partial charge in [-0.15, -0.1) is 0 Å². The van der Waals surface area contributed by atoms with Gasteiger partial charge in [0, 0.05) is 6.04 Å². The van der Waals surface area contributed by atoms with Crippen molar-refractivity contribution in [2.45, 2.75) is 38.1 Å². The Morgan fingerprint density at radius 3 is 2.35 bits per heavy atom. The summed E-state index contributed by atoms with van der Waals surface area (Å²) in [6.07, 6.45) is 0.722. The summed E-state index contributed by atoms with van der Waals surface area (Å²) in [6, 6.07) is 2.81. The van der Waals surface area contributed by atoms with Crippen molar-refractivity contribution >= 4 is 33.2 Å². The van der Waals surface area contributed by atoms with E-state index >= 15 is 0 Å². The molecular formula is C11H15Cl2NO2S. The fourth-order valence-electron chi connectivity index (χ4n) is 1.33. The Bertz CT molecular complexity index is 514. The van der Waals surface area contributed by atoms with Gasteiger partial charge in [0.1, 0.15) is 0 Å². The summed E-state index contributed by atoms with van der Waals surface area (Å²) >= 11 is 11.7. The van der Waals surface area contributed by atoms with Crippen molar-refractivity contribution in [3.63, 3.8) is 0 Å². The molecule has 0 amide bonds. The summed E-state index contributed by atoms with van der Waals surface area (Å²) in [6.45, 7) is 5.41. The molecule has 0 saturated carbocycles. The van der Waals surface area contributed by atoms with Crippen LogP contribution in [0, 0.1) is 6.92 Å². The van der Waals surface area contributed by atoms with E-state index in [9.17, 15) is 8.42 Å². The lowest BCUT2D eigenvalue weighted by atomic mass is 10.2. The highest BCUT2D eigenvalue weighted by molar-refractivity contribution is 7.89. The lowest BCUT2D eigenvalue weighted by Crippen LogP contribution is -2.32. The van der Waals surface area contributed by atoms with E-state index in [4.69, 9.17) is 23.2 Å². The zero-order chi connectivity index (χ0) is 13.2. The van der Waals surface area contributed by atoms with Crippen LogP contribution in [-0.2, 0) is 10.0 Å². The molecule has 3 nitrogen and oxygen atoms in total. The first-order chi connectivity index (χ1) is 7.77. The van der Waals surface area contributed by atoms with Crippen molar-refractivity contribution in [3.05, 3.63) is 27.7 Å². The lowest BCUT2D eigenvalue weighted by Gasteiger charge is -2.14. The molecule has 1 N–H and O–H groups in total. The van der Waals surface area contributed by atoms with E-state index in [0.717, 1.165) is 6.42 Å². The van der Waals surface area contributed by atoms with Crippen LogP contribution in [0.4, 0.5) is 0 Å². The maximum atomic E-state index is 12.1. The number of rotatable bonds is 4. The Labute approximate surface area is 112 Å². The molecule has 0 saturated heterocycles. The Hall–Kier alpha value is -0.290. The third kappa shape index (κ3) is 3.58. The Morgan fingerprint density at radius 1 is 1.29 bits per heavy atom. The number of nitrogens with one attached hydrogen (secondary N) is 1. The molecule has 0 aliphatic heterocycles. The number of hydrogen-bond acceptors (Lipinski definition) is 2. The van der Waals surface area contributed by atoms with Crippen molar-refractivity contribution in [2.24, 2.45) is 0 Å². The lowest BCUT2D eigenvalue weighted by molar-refractivity contribution is 0.555. The van der Waals surface area contributed by atoms with Crippen LogP contribution < -0.4 is 4.72 Å². The molecule has 0 aliphatic carbocycles. The molecule has 96 valence electrons. The number of halogens is 2. The minimum atomic E-state index is -3.53. The Morgan fingerprint density at radius 2 is 1.82 bits per heavy atom. The first kappa shape index (κ1) is 14.8. The van der Waals surface area contributed by atoms with Crippen LogP contribution in [0.2, 0.25) is 10.0 Å². The van der Waals surface area contributed by atoms with Crippen molar-refractivity contribution in [1.29, 1.82) is 0 Å². The van der Waals surface area contributed by atoms with Crippen LogP contribution in [-0.4, -0.2) is 14.5 Å². The second kappa shape index (κ2) is 5.57. The molecule has 0 radical (unpaired) electrons. The fourth-order valence-corrected chi connectivity index (χ4v) is 3.35. The predicted octanol–water partition coefficient (Wildman–Crippen LogP) is 3.38. The van der Waals surface area contributed by atoms with Gasteiger partial charge in [-0.2, -0.15) is 0 Å². The average Bonchev–Trinajstić information content (AvgIpc) is 2.22. The molecule has 0 aliphatic rings. The maximum absolute atomic E-state index is 12.1. The molecule has 1 aromatic rings. The second-order valence-electron chi connectivity index (χ2n) is 3.96. The fraction of sp³-hybridized carbons (Fsp3) is 0.455. The number of benzene rings is 1. The standard InChI is InChI=1S/C11H15Cl2NO2S/c1-4-8(3)14-17(15,16)11-6-10(13)9(12)5-7(11)2/h5-6,8,14H,4H2,1-3H3/t8-/m1/s1. The first-order valence-electron chi connectivity index (χ1n) is 5.26. The normalized spacial score (nSPS) is 13.7. The van der Waals surface area contributed by atoms with Crippen LogP contribution in [0.25, 0.3) is 0 Å². The third-order valence-corrected chi connectivity index (χ3v) is 4.93. The molecule has 0 unspecified atom stereocenters. The van der Waals surface area contributed by atoms with Gasteiger partial charge in [0.15, 0.2) is 0 Å². The summed E-state index contributed by atoms with van der Waals surface area (Å²) < 4.78 is 26.7. The van der Waals surface area contributed by atoms with Crippen LogP contribution in [0.3, 0.4) is 0 Å². The van der Waals surface area contributed by atoms with Gasteiger partial charge in [-0.3, -0.25) is 0 Å². The van der Waals surface area contributed by atoms with E-state index in [0.29, 0.717) is 10.6 Å². The van der Waals surface area contributed by atoms with Crippen molar-refractivity contribution in [3.8, 4) is 0 Å². The predicted molar refractivity (Wildman–Crippen MR) is 71.3 cm³/mol. The number of sulfonamides is 1. The van der Waals surface area contributed by atoms with Gasteiger partial charge in [0.2, 0.25) is 10.0 Å². The summed E-state index contributed by atoms with van der Waals surface area (Å²) in [7, 11) is -3.53. The van der Waals surface area contributed by atoms with Crippen molar-refractivity contribution < 1.29 is 8.42 Å². The van der Waals surface area contributed by atoms with Gasteiger partial charge in [0.05, 0.1) is 14.9 Å². The van der Waals surface area contributed by atoms with Gasteiger partial charge in [0.25, 0.3) is 0 Å².